The van der Waals surface area contributed by atoms with Gasteiger partial charge in [-0.1, -0.05) is 84.4 Å². The third kappa shape index (κ3) is 5.63. The number of benzene rings is 4. The van der Waals surface area contributed by atoms with Crippen molar-refractivity contribution in [2.75, 3.05) is 13.7 Å². The minimum absolute atomic E-state index is 0.168. The van der Waals surface area contributed by atoms with Crippen molar-refractivity contribution >= 4 is 17.5 Å². The first-order chi connectivity index (χ1) is 18.6. The van der Waals surface area contributed by atoms with Gasteiger partial charge < -0.3 is 10.1 Å². The molecule has 0 saturated carbocycles. The van der Waals surface area contributed by atoms with E-state index in [9.17, 15) is 4.79 Å². The first-order valence-corrected chi connectivity index (χ1v) is 12.9. The smallest absolute Gasteiger partial charge is 0.270 e. The van der Waals surface area contributed by atoms with Crippen molar-refractivity contribution < 1.29 is 9.53 Å². The van der Waals surface area contributed by atoms with Gasteiger partial charge in [-0.05, 0) is 60.0 Å². The highest BCUT2D eigenvalue weighted by molar-refractivity contribution is 6.32. The number of ether oxygens (including phenoxy) is 1. The van der Waals surface area contributed by atoms with Crippen LogP contribution in [0.3, 0.4) is 0 Å². The quantitative estimate of drug-likeness (QED) is 0.224. The van der Waals surface area contributed by atoms with Crippen molar-refractivity contribution in [2.45, 2.75) is 12.3 Å². The molecule has 0 spiro atoms. The Morgan fingerprint density at radius 1 is 0.868 bits per heavy atom. The summed E-state index contributed by atoms with van der Waals surface area (Å²) in [5, 5.41) is 8.39. The average molecular weight is 522 g/mol. The number of hydrogen-bond donors (Lipinski definition) is 1. The van der Waals surface area contributed by atoms with Crippen molar-refractivity contribution in [3.8, 4) is 22.7 Å². The Hall–Kier alpha value is -4.35. The molecule has 1 amide bonds. The molecular weight excluding hydrogens is 494 g/mol. The van der Waals surface area contributed by atoms with Crippen LogP contribution in [0.5, 0.6) is 5.75 Å². The molecule has 38 heavy (non-hydrogen) atoms. The maximum Gasteiger partial charge on any atom is 0.270 e. The van der Waals surface area contributed by atoms with Crippen LogP contribution in [0.25, 0.3) is 16.9 Å². The van der Waals surface area contributed by atoms with Crippen LogP contribution in [-0.2, 0) is 0 Å². The summed E-state index contributed by atoms with van der Waals surface area (Å²) in [5.74, 6) is 0.710. The molecule has 0 bridgehead atoms. The third-order valence-corrected chi connectivity index (χ3v) is 6.85. The van der Waals surface area contributed by atoms with E-state index in [0.717, 1.165) is 17.7 Å². The van der Waals surface area contributed by atoms with Crippen LogP contribution in [0.15, 0.2) is 115 Å². The van der Waals surface area contributed by atoms with Gasteiger partial charge in [-0.2, -0.15) is 5.10 Å². The molecule has 0 saturated heterocycles. The first kappa shape index (κ1) is 25.3. The Labute approximate surface area is 227 Å². The molecule has 4 aromatic carbocycles. The fourth-order valence-electron chi connectivity index (χ4n) is 4.57. The van der Waals surface area contributed by atoms with E-state index in [4.69, 9.17) is 21.4 Å². The van der Waals surface area contributed by atoms with Gasteiger partial charge in [0.1, 0.15) is 11.4 Å². The molecular formula is C32H28ClN3O2. The monoisotopic (exact) mass is 521 g/mol. The standard InChI is InChI=1S/C32H28ClN3O2/c1-38-26-18-16-25(17-19-26)29-22-31(36(35-29)30-15-9-8-14-28(30)33)32(37)34-21-20-27(23-10-4-2-5-11-23)24-12-6-3-7-13-24/h2-19,22,27H,20-21H2,1H3,(H,34,37). The second-order valence-corrected chi connectivity index (χ2v) is 9.33. The Morgan fingerprint density at radius 2 is 1.47 bits per heavy atom. The fraction of sp³-hybridized carbons (Fsp3) is 0.125. The summed E-state index contributed by atoms with van der Waals surface area (Å²) in [6, 6.07) is 37.5. The fourth-order valence-corrected chi connectivity index (χ4v) is 4.79. The molecule has 0 atom stereocenters. The largest absolute Gasteiger partial charge is 0.497 e. The van der Waals surface area contributed by atoms with Gasteiger partial charge in [0, 0.05) is 18.0 Å². The Balaban J connectivity index is 1.41. The van der Waals surface area contributed by atoms with E-state index in [-0.39, 0.29) is 11.8 Å². The minimum atomic E-state index is -0.211. The predicted octanol–water partition coefficient (Wildman–Crippen LogP) is 7.15. The number of hydrogen-bond acceptors (Lipinski definition) is 3. The maximum atomic E-state index is 13.5. The number of methoxy groups -OCH3 is 1. The summed E-state index contributed by atoms with van der Waals surface area (Å²) >= 11 is 6.50. The molecule has 0 aliphatic heterocycles. The first-order valence-electron chi connectivity index (χ1n) is 12.5. The SMILES string of the molecule is COc1ccc(-c2cc(C(=O)NCCC(c3ccccc3)c3ccccc3)n(-c3ccccc3Cl)n2)cc1. The van der Waals surface area contributed by atoms with Crippen LogP contribution >= 0.6 is 11.6 Å². The number of amides is 1. The second kappa shape index (κ2) is 11.8. The lowest BCUT2D eigenvalue weighted by Gasteiger charge is -2.18. The van der Waals surface area contributed by atoms with Gasteiger partial charge >= 0.3 is 0 Å². The molecule has 190 valence electrons. The van der Waals surface area contributed by atoms with E-state index >= 15 is 0 Å². The Kier molecular flexibility index (Phi) is 7.86. The highest BCUT2D eigenvalue weighted by Gasteiger charge is 2.20. The topological polar surface area (TPSA) is 56.1 Å². The van der Waals surface area contributed by atoms with Gasteiger partial charge in [-0.3, -0.25) is 4.79 Å². The van der Waals surface area contributed by atoms with Crippen LogP contribution in [0.4, 0.5) is 0 Å². The molecule has 1 aromatic heterocycles. The zero-order valence-corrected chi connectivity index (χ0v) is 21.8. The predicted molar refractivity (Wildman–Crippen MR) is 152 cm³/mol. The highest BCUT2D eigenvalue weighted by Crippen LogP contribution is 2.29. The normalized spacial score (nSPS) is 10.9. The van der Waals surface area contributed by atoms with E-state index in [1.165, 1.54) is 11.1 Å². The van der Waals surface area contributed by atoms with Crippen molar-refractivity contribution in [1.82, 2.24) is 15.1 Å². The molecule has 5 rings (SSSR count). The zero-order valence-electron chi connectivity index (χ0n) is 21.1. The van der Waals surface area contributed by atoms with Crippen LogP contribution in [0, 0.1) is 0 Å². The molecule has 0 unspecified atom stereocenters. The lowest BCUT2D eigenvalue weighted by Crippen LogP contribution is -2.28. The van der Waals surface area contributed by atoms with Crippen molar-refractivity contribution in [2.24, 2.45) is 0 Å². The van der Waals surface area contributed by atoms with Gasteiger partial charge in [0.05, 0.1) is 23.5 Å². The van der Waals surface area contributed by atoms with E-state index in [0.29, 0.717) is 28.6 Å². The van der Waals surface area contributed by atoms with Crippen molar-refractivity contribution in [3.05, 3.63) is 137 Å². The van der Waals surface area contributed by atoms with Crippen LogP contribution in [-0.4, -0.2) is 29.3 Å². The van der Waals surface area contributed by atoms with Crippen molar-refractivity contribution in [1.29, 1.82) is 0 Å². The molecule has 0 fully saturated rings. The van der Waals surface area contributed by atoms with Gasteiger partial charge in [0.2, 0.25) is 0 Å². The van der Waals surface area contributed by atoms with Crippen LogP contribution in [0.1, 0.15) is 34.0 Å². The van der Waals surface area contributed by atoms with Crippen LogP contribution in [0.2, 0.25) is 5.02 Å². The summed E-state index contributed by atoms with van der Waals surface area (Å²) in [6.45, 7) is 0.499. The molecule has 1 N–H and O–H groups in total. The number of carbonyl (C=O) groups is 1. The van der Waals surface area contributed by atoms with E-state index in [1.54, 1.807) is 23.9 Å². The summed E-state index contributed by atoms with van der Waals surface area (Å²) in [4.78, 5) is 13.5. The molecule has 0 aliphatic rings. The number of carbonyl (C=O) groups excluding carboxylic acids is 1. The van der Waals surface area contributed by atoms with Crippen molar-refractivity contribution in [3.63, 3.8) is 0 Å². The summed E-state index contributed by atoms with van der Waals surface area (Å²) < 4.78 is 6.89. The van der Waals surface area contributed by atoms with Gasteiger partial charge in [-0.25, -0.2) is 4.68 Å². The Morgan fingerprint density at radius 3 is 2.08 bits per heavy atom. The minimum Gasteiger partial charge on any atom is -0.497 e. The van der Waals surface area contributed by atoms with E-state index < -0.39 is 0 Å². The summed E-state index contributed by atoms with van der Waals surface area (Å²) in [7, 11) is 1.63. The summed E-state index contributed by atoms with van der Waals surface area (Å²) in [6.07, 6.45) is 0.755. The second-order valence-electron chi connectivity index (χ2n) is 8.93. The average Bonchev–Trinajstić information content (AvgIpc) is 3.42. The number of rotatable bonds is 9. The summed E-state index contributed by atoms with van der Waals surface area (Å²) in [5.41, 5.74) is 5.04. The zero-order chi connectivity index (χ0) is 26.3. The number of para-hydroxylation sites is 1. The number of aromatic nitrogens is 2. The molecule has 0 radical (unpaired) electrons. The highest BCUT2D eigenvalue weighted by atomic mass is 35.5. The Bertz CT molecular complexity index is 1460. The number of halogens is 1. The molecule has 5 aromatic rings. The van der Waals surface area contributed by atoms with E-state index in [1.807, 2.05) is 78.9 Å². The molecule has 1 heterocycles. The van der Waals surface area contributed by atoms with Gasteiger partial charge in [0.25, 0.3) is 5.91 Å². The molecule has 5 nitrogen and oxygen atoms in total. The van der Waals surface area contributed by atoms with Crippen LogP contribution < -0.4 is 10.1 Å². The molecule has 6 heteroatoms. The lowest BCUT2D eigenvalue weighted by molar-refractivity contribution is 0.0945. The van der Waals surface area contributed by atoms with E-state index in [2.05, 4.69) is 29.6 Å². The molecule has 0 aliphatic carbocycles. The van der Waals surface area contributed by atoms with Gasteiger partial charge in [0.15, 0.2) is 0 Å². The lowest BCUT2D eigenvalue weighted by atomic mass is 9.88. The third-order valence-electron chi connectivity index (χ3n) is 6.53. The van der Waals surface area contributed by atoms with Gasteiger partial charge in [-0.15, -0.1) is 0 Å². The maximum absolute atomic E-state index is 13.5. The number of nitrogens with zero attached hydrogens (tertiary/aromatic N) is 2. The number of nitrogens with one attached hydrogen (secondary N) is 1.